The van der Waals surface area contributed by atoms with E-state index in [9.17, 15) is 9.59 Å². The van der Waals surface area contributed by atoms with Gasteiger partial charge in [0.25, 0.3) is 0 Å². The zero-order valence-corrected chi connectivity index (χ0v) is 13.1. The van der Waals surface area contributed by atoms with Crippen LogP contribution in [-0.2, 0) is 0 Å². The third kappa shape index (κ3) is 4.94. The average molecular weight is 317 g/mol. The summed E-state index contributed by atoms with van der Waals surface area (Å²) in [6.07, 6.45) is 1.97. The highest BCUT2D eigenvalue weighted by Crippen LogP contribution is 2.21. The van der Waals surface area contributed by atoms with Gasteiger partial charge in [-0.05, 0) is 38.3 Å². The molecule has 0 spiro atoms. The molecule has 0 aromatic heterocycles. The van der Waals surface area contributed by atoms with Gasteiger partial charge in [0.1, 0.15) is 0 Å². The average Bonchev–Trinajstić information content (AvgIpc) is 2.38. The molecule has 1 aromatic carbocycles. The third-order valence-corrected chi connectivity index (χ3v) is 4.26. The fourth-order valence-electron chi connectivity index (χ4n) is 1.31. The molecule has 20 heavy (non-hydrogen) atoms. The standard InChI is InChI=1S/C13H17ClN2O3S/c1-13(2,20-3)7-15-12(19)16-8-4-5-10(14)9(6-8)11(17)18/h4-6H,7H2,1-3H3,(H,17,18)(H2,15,16,19). The van der Waals surface area contributed by atoms with E-state index in [0.29, 0.717) is 12.2 Å². The maximum absolute atomic E-state index is 11.7. The normalized spacial score (nSPS) is 11.0. The quantitative estimate of drug-likeness (QED) is 0.778. The second-order valence-electron chi connectivity index (χ2n) is 4.77. The summed E-state index contributed by atoms with van der Waals surface area (Å²) in [5, 5.41) is 14.4. The topological polar surface area (TPSA) is 78.4 Å². The number of carboxylic acid groups (broad SMARTS) is 1. The number of amides is 2. The molecule has 0 aliphatic heterocycles. The number of carboxylic acids is 1. The second-order valence-corrected chi connectivity index (χ2v) is 6.69. The van der Waals surface area contributed by atoms with Gasteiger partial charge in [0.15, 0.2) is 0 Å². The number of anilines is 1. The number of benzene rings is 1. The number of rotatable bonds is 5. The second kappa shape index (κ2) is 6.85. The van der Waals surface area contributed by atoms with Crippen molar-refractivity contribution in [2.75, 3.05) is 18.1 Å². The highest BCUT2D eigenvalue weighted by molar-refractivity contribution is 7.99. The summed E-state index contributed by atoms with van der Waals surface area (Å²) in [4.78, 5) is 22.7. The molecule has 0 radical (unpaired) electrons. The van der Waals surface area contributed by atoms with Crippen molar-refractivity contribution in [2.24, 2.45) is 0 Å². The van der Waals surface area contributed by atoms with Gasteiger partial charge < -0.3 is 15.7 Å². The predicted octanol–water partition coefficient (Wildman–Crippen LogP) is 3.30. The molecule has 2 amide bonds. The van der Waals surface area contributed by atoms with Crippen molar-refractivity contribution in [3.63, 3.8) is 0 Å². The number of urea groups is 1. The van der Waals surface area contributed by atoms with Crippen LogP contribution in [0.2, 0.25) is 5.02 Å². The van der Waals surface area contributed by atoms with Crippen LogP contribution in [-0.4, -0.2) is 34.7 Å². The maximum Gasteiger partial charge on any atom is 0.337 e. The number of thioether (sulfide) groups is 1. The lowest BCUT2D eigenvalue weighted by Gasteiger charge is -2.22. The third-order valence-electron chi connectivity index (χ3n) is 2.68. The van der Waals surface area contributed by atoms with Crippen LogP contribution in [0.4, 0.5) is 10.5 Å². The monoisotopic (exact) mass is 316 g/mol. The Morgan fingerprint density at radius 2 is 2.05 bits per heavy atom. The molecule has 1 rings (SSSR count). The van der Waals surface area contributed by atoms with E-state index in [-0.39, 0.29) is 21.4 Å². The van der Waals surface area contributed by atoms with Crippen molar-refractivity contribution >= 4 is 41.1 Å². The van der Waals surface area contributed by atoms with Crippen LogP contribution < -0.4 is 10.6 Å². The van der Waals surface area contributed by atoms with Crippen molar-refractivity contribution in [2.45, 2.75) is 18.6 Å². The van der Waals surface area contributed by atoms with E-state index in [1.165, 1.54) is 12.1 Å². The van der Waals surface area contributed by atoms with E-state index in [2.05, 4.69) is 10.6 Å². The number of halogens is 1. The van der Waals surface area contributed by atoms with Crippen LogP contribution in [0.25, 0.3) is 0 Å². The molecule has 0 bridgehead atoms. The first-order chi connectivity index (χ1) is 9.25. The summed E-state index contributed by atoms with van der Waals surface area (Å²) in [6, 6.07) is 3.93. The van der Waals surface area contributed by atoms with Gasteiger partial charge in [0.05, 0.1) is 10.6 Å². The van der Waals surface area contributed by atoms with Crippen molar-refractivity contribution in [1.29, 1.82) is 0 Å². The lowest BCUT2D eigenvalue weighted by Crippen LogP contribution is -2.38. The Balaban J connectivity index is 2.67. The Hall–Kier alpha value is -1.40. The fourth-order valence-corrected chi connectivity index (χ4v) is 1.72. The van der Waals surface area contributed by atoms with Gasteiger partial charge in [0, 0.05) is 17.0 Å². The molecule has 0 atom stereocenters. The molecule has 3 N–H and O–H groups in total. The molecule has 0 saturated heterocycles. The molecule has 0 saturated carbocycles. The Morgan fingerprint density at radius 1 is 1.40 bits per heavy atom. The summed E-state index contributed by atoms with van der Waals surface area (Å²) in [5.74, 6) is -1.14. The molecule has 0 unspecified atom stereocenters. The SMILES string of the molecule is CSC(C)(C)CNC(=O)Nc1ccc(Cl)c(C(=O)O)c1. The van der Waals surface area contributed by atoms with Crippen LogP contribution in [0, 0.1) is 0 Å². The van der Waals surface area contributed by atoms with E-state index in [1.807, 2.05) is 20.1 Å². The lowest BCUT2D eigenvalue weighted by molar-refractivity contribution is 0.0697. The van der Waals surface area contributed by atoms with Gasteiger partial charge >= 0.3 is 12.0 Å². The molecule has 1 aromatic rings. The van der Waals surface area contributed by atoms with Gasteiger partial charge in [-0.25, -0.2) is 9.59 Å². The first-order valence-electron chi connectivity index (χ1n) is 5.88. The molecular weight excluding hydrogens is 300 g/mol. The van der Waals surface area contributed by atoms with Crippen molar-refractivity contribution in [3.8, 4) is 0 Å². The first-order valence-corrected chi connectivity index (χ1v) is 7.48. The number of hydrogen-bond donors (Lipinski definition) is 3. The zero-order chi connectivity index (χ0) is 15.3. The fraction of sp³-hybridized carbons (Fsp3) is 0.385. The summed E-state index contributed by atoms with van der Waals surface area (Å²) >= 11 is 7.40. The Labute approximate surface area is 127 Å². The molecule has 110 valence electrons. The van der Waals surface area contributed by atoms with E-state index >= 15 is 0 Å². The van der Waals surface area contributed by atoms with E-state index < -0.39 is 5.97 Å². The molecule has 0 heterocycles. The van der Waals surface area contributed by atoms with Crippen LogP contribution in [0.15, 0.2) is 18.2 Å². The number of nitrogens with one attached hydrogen (secondary N) is 2. The van der Waals surface area contributed by atoms with Gasteiger partial charge in [-0.2, -0.15) is 11.8 Å². The van der Waals surface area contributed by atoms with Crippen LogP contribution in [0.5, 0.6) is 0 Å². The summed E-state index contributed by atoms with van der Waals surface area (Å²) in [5.41, 5.74) is 0.333. The minimum Gasteiger partial charge on any atom is -0.478 e. The largest absolute Gasteiger partial charge is 0.478 e. The number of hydrogen-bond acceptors (Lipinski definition) is 3. The van der Waals surface area contributed by atoms with Crippen LogP contribution >= 0.6 is 23.4 Å². The molecule has 0 fully saturated rings. The molecule has 0 aliphatic carbocycles. The highest BCUT2D eigenvalue weighted by atomic mass is 35.5. The summed E-state index contributed by atoms with van der Waals surface area (Å²) in [6.45, 7) is 4.53. The van der Waals surface area contributed by atoms with Gasteiger partial charge in [0.2, 0.25) is 0 Å². The summed E-state index contributed by atoms with van der Waals surface area (Å²) in [7, 11) is 0. The maximum atomic E-state index is 11.7. The smallest absolute Gasteiger partial charge is 0.337 e. The number of aromatic carboxylic acids is 1. The van der Waals surface area contributed by atoms with Crippen molar-refractivity contribution in [1.82, 2.24) is 5.32 Å². The number of carbonyl (C=O) groups is 2. The van der Waals surface area contributed by atoms with Crippen molar-refractivity contribution in [3.05, 3.63) is 28.8 Å². The summed E-state index contributed by atoms with van der Waals surface area (Å²) < 4.78 is -0.0659. The molecule has 7 heteroatoms. The van der Waals surface area contributed by atoms with Gasteiger partial charge in [-0.3, -0.25) is 0 Å². The predicted molar refractivity (Wildman–Crippen MR) is 83.0 cm³/mol. The van der Waals surface area contributed by atoms with E-state index in [1.54, 1.807) is 17.8 Å². The molecule has 0 aliphatic rings. The minimum atomic E-state index is -1.14. The first kappa shape index (κ1) is 16.7. The Bertz CT molecular complexity index is 520. The van der Waals surface area contributed by atoms with Gasteiger partial charge in [-0.1, -0.05) is 11.6 Å². The van der Waals surface area contributed by atoms with Crippen molar-refractivity contribution < 1.29 is 14.7 Å². The molecule has 5 nitrogen and oxygen atoms in total. The Morgan fingerprint density at radius 3 is 2.60 bits per heavy atom. The van der Waals surface area contributed by atoms with Crippen LogP contribution in [0.1, 0.15) is 24.2 Å². The van der Waals surface area contributed by atoms with E-state index in [4.69, 9.17) is 16.7 Å². The molecular formula is C13H17ClN2O3S. The minimum absolute atomic E-state index is 0.0473. The number of carbonyl (C=O) groups excluding carboxylic acids is 1. The highest BCUT2D eigenvalue weighted by Gasteiger charge is 2.17. The Kier molecular flexibility index (Phi) is 5.71. The lowest BCUT2D eigenvalue weighted by atomic mass is 10.2. The zero-order valence-electron chi connectivity index (χ0n) is 11.5. The van der Waals surface area contributed by atoms with E-state index in [0.717, 1.165) is 0 Å². The van der Waals surface area contributed by atoms with Crippen LogP contribution in [0.3, 0.4) is 0 Å². The van der Waals surface area contributed by atoms with Gasteiger partial charge in [-0.15, -0.1) is 0 Å².